The van der Waals surface area contributed by atoms with Crippen molar-refractivity contribution in [2.45, 2.75) is 18.7 Å². The van der Waals surface area contributed by atoms with Gasteiger partial charge >= 0.3 is 0 Å². The van der Waals surface area contributed by atoms with E-state index < -0.39 is 0 Å². The summed E-state index contributed by atoms with van der Waals surface area (Å²) in [5.74, 6) is 0.995. The van der Waals surface area contributed by atoms with Crippen LogP contribution in [0.25, 0.3) is 0 Å². The lowest BCUT2D eigenvalue weighted by Crippen LogP contribution is -2.28. The molecule has 22 heavy (non-hydrogen) atoms. The molecule has 0 heterocycles. The molecule has 0 fully saturated rings. The Bertz CT molecular complexity index is 614. The van der Waals surface area contributed by atoms with Crippen LogP contribution in [0.1, 0.15) is 24.1 Å². The standard InChI is InChI=1S/C17H17Cl2NOS/c1-12(13-6-3-2-4-7-13)20-17(21)11-22-10-14-15(18)8-5-9-16(14)19/h2-9,12H,10-11H2,1H3,(H,20,21)/t12-/m0/s1. The number of nitrogens with one attached hydrogen (secondary N) is 1. The zero-order valence-electron chi connectivity index (χ0n) is 12.2. The highest BCUT2D eigenvalue weighted by Gasteiger charge is 2.10. The van der Waals surface area contributed by atoms with Crippen LogP contribution in [0.3, 0.4) is 0 Å². The van der Waals surface area contributed by atoms with Gasteiger partial charge in [0.2, 0.25) is 5.91 Å². The quantitative estimate of drug-likeness (QED) is 0.782. The zero-order chi connectivity index (χ0) is 15.9. The smallest absolute Gasteiger partial charge is 0.230 e. The summed E-state index contributed by atoms with van der Waals surface area (Å²) in [7, 11) is 0. The van der Waals surface area contributed by atoms with Crippen LogP contribution in [0.5, 0.6) is 0 Å². The van der Waals surface area contributed by atoms with E-state index in [0.29, 0.717) is 21.6 Å². The molecule has 0 bridgehead atoms. The summed E-state index contributed by atoms with van der Waals surface area (Å²) in [5, 5.41) is 4.26. The number of hydrogen-bond donors (Lipinski definition) is 1. The molecule has 2 aromatic carbocycles. The third kappa shape index (κ3) is 4.94. The number of benzene rings is 2. The average Bonchev–Trinajstić information content (AvgIpc) is 2.51. The highest BCUT2D eigenvalue weighted by atomic mass is 35.5. The molecule has 0 aliphatic carbocycles. The van der Waals surface area contributed by atoms with Crippen LogP contribution in [0, 0.1) is 0 Å². The van der Waals surface area contributed by atoms with Gasteiger partial charge < -0.3 is 5.32 Å². The molecule has 0 aliphatic rings. The molecular formula is C17H17Cl2NOS. The predicted octanol–water partition coefficient (Wildman–Crippen LogP) is 5.10. The topological polar surface area (TPSA) is 29.1 Å². The van der Waals surface area contributed by atoms with Gasteiger partial charge in [0.25, 0.3) is 0 Å². The normalized spacial score (nSPS) is 12.0. The van der Waals surface area contributed by atoms with E-state index in [1.54, 1.807) is 12.1 Å². The second-order valence-corrected chi connectivity index (χ2v) is 6.69. The largest absolute Gasteiger partial charge is 0.349 e. The fourth-order valence-electron chi connectivity index (χ4n) is 2.02. The van der Waals surface area contributed by atoms with E-state index in [0.717, 1.165) is 11.1 Å². The first kappa shape index (κ1) is 17.2. The molecule has 1 atom stereocenters. The Hall–Kier alpha value is -1.16. The Morgan fingerprint density at radius 1 is 1.09 bits per heavy atom. The van der Waals surface area contributed by atoms with E-state index in [1.165, 1.54) is 11.8 Å². The minimum absolute atomic E-state index is 0.00167. The highest BCUT2D eigenvalue weighted by molar-refractivity contribution is 7.99. The van der Waals surface area contributed by atoms with E-state index in [-0.39, 0.29) is 11.9 Å². The van der Waals surface area contributed by atoms with Gasteiger partial charge in [0.15, 0.2) is 0 Å². The molecule has 0 saturated heterocycles. The second-order valence-electron chi connectivity index (χ2n) is 4.89. The van der Waals surface area contributed by atoms with Crippen LogP contribution < -0.4 is 5.32 Å². The lowest BCUT2D eigenvalue weighted by atomic mass is 10.1. The van der Waals surface area contributed by atoms with Gasteiger partial charge in [-0.3, -0.25) is 4.79 Å². The van der Waals surface area contributed by atoms with Crippen molar-refractivity contribution in [1.82, 2.24) is 5.32 Å². The second kappa shape index (κ2) is 8.47. The summed E-state index contributed by atoms with van der Waals surface area (Å²) in [6.07, 6.45) is 0. The van der Waals surface area contributed by atoms with Gasteiger partial charge in [0, 0.05) is 15.8 Å². The first-order chi connectivity index (χ1) is 10.6. The molecule has 2 rings (SSSR count). The molecule has 0 aliphatic heterocycles. The van der Waals surface area contributed by atoms with Crippen molar-refractivity contribution in [2.24, 2.45) is 0 Å². The Kier molecular flexibility index (Phi) is 6.62. The number of amides is 1. The van der Waals surface area contributed by atoms with Crippen molar-refractivity contribution in [2.75, 3.05) is 5.75 Å². The first-order valence-corrected chi connectivity index (χ1v) is 8.84. The van der Waals surface area contributed by atoms with Gasteiger partial charge in [0.05, 0.1) is 11.8 Å². The van der Waals surface area contributed by atoms with Gasteiger partial charge in [-0.15, -0.1) is 11.8 Å². The molecule has 0 unspecified atom stereocenters. The number of hydrogen-bond acceptors (Lipinski definition) is 2. The van der Waals surface area contributed by atoms with Crippen LogP contribution in [0.2, 0.25) is 10.0 Å². The summed E-state index contributed by atoms with van der Waals surface area (Å²) in [5.41, 5.74) is 1.97. The molecule has 2 nitrogen and oxygen atoms in total. The zero-order valence-corrected chi connectivity index (χ0v) is 14.5. The molecule has 1 amide bonds. The predicted molar refractivity (Wildman–Crippen MR) is 95.6 cm³/mol. The number of carbonyl (C=O) groups is 1. The monoisotopic (exact) mass is 353 g/mol. The summed E-state index contributed by atoms with van der Waals surface area (Å²) in [6, 6.07) is 15.3. The van der Waals surface area contributed by atoms with Gasteiger partial charge in [-0.1, -0.05) is 59.6 Å². The van der Waals surface area contributed by atoms with Crippen molar-refractivity contribution in [1.29, 1.82) is 0 Å². The molecular weight excluding hydrogens is 337 g/mol. The molecule has 116 valence electrons. The molecule has 0 saturated carbocycles. The van der Waals surface area contributed by atoms with Crippen LogP contribution in [-0.4, -0.2) is 11.7 Å². The Labute approximate surface area is 145 Å². The number of halogens is 2. The maximum atomic E-state index is 12.0. The summed E-state index contributed by atoms with van der Waals surface area (Å²) >= 11 is 13.7. The first-order valence-electron chi connectivity index (χ1n) is 6.93. The maximum Gasteiger partial charge on any atom is 0.230 e. The minimum atomic E-state index is -0.00167. The van der Waals surface area contributed by atoms with E-state index >= 15 is 0 Å². The SMILES string of the molecule is C[C@H](NC(=O)CSCc1c(Cl)cccc1Cl)c1ccccc1. The molecule has 0 radical (unpaired) electrons. The Balaban J connectivity index is 1.81. The third-order valence-corrected chi connectivity index (χ3v) is 4.89. The van der Waals surface area contributed by atoms with Crippen molar-refractivity contribution in [3.63, 3.8) is 0 Å². The van der Waals surface area contributed by atoms with Crippen LogP contribution >= 0.6 is 35.0 Å². The summed E-state index contributed by atoms with van der Waals surface area (Å²) < 4.78 is 0. The van der Waals surface area contributed by atoms with Crippen molar-refractivity contribution >= 4 is 40.9 Å². The van der Waals surface area contributed by atoms with E-state index in [2.05, 4.69) is 5.32 Å². The average molecular weight is 354 g/mol. The summed E-state index contributed by atoms with van der Waals surface area (Å²) in [6.45, 7) is 1.98. The van der Waals surface area contributed by atoms with Crippen molar-refractivity contribution in [3.05, 3.63) is 69.7 Å². The van der Waals surface area contributed by atoms with Gasteiger partial charge in [-0.05, 0) is 30.2 Å². The van der Waals surface area contributed by atoms with Crippen molar-refractivity contribution in [3.8, 4) is 0 Å². The number of carbonyl (C=O) groups excluding carboxylic acids is 1. The Morgan fingerprint density at radius 3 is 2.36 bits per heavy atom. The van der Waals surface area contributed by atoms with Gasteiger partial charge in [-0.2, -0.15) is 0 Å². The van der Waals surface area contributed by atoms with Crippen LogP contribution in [0.4, 0.5) is 0 Å². The third-order valence-electron chi connectivity index (χ3n) is 3.22. The molecule has 5 heteroatoms. The van der Waals surface area contributed by atoms with Crippen LogP contribution in [0.15, 0.2) is 48.5 Å². The van der Waals surface area contributed by atoms with E-state index in [1.807, 2.05) is 43.3 Å². The van der Waals surface area contributed by atoms with Crippen molar-refractivity contribution < 1.29 is 4.79 Å². The molecule has 0 aromatic heterocycles. The lowest BCUT2D eigenvalue weighted by Gasteiger charge is -2.14. The fraction of sp³-hybridized carbons (Fsp3) is 0.235. The van der Waals surface area contributed by atoms with Gasteiger partial charge in [0.1, 0.15) is 0 Å². The number of rotatable bonds is 6. The molecule has 0 spiro atoms. The van der Waals surface area contributed by atoms with E-state index in [4.69, 9.17) is 23.2 Å². The molecule has 1 N–H and O–H groups in total. The maximum absolute atomic E-state index is 12.0. The fourth-order valence-corrected chi connectivity index (χ4v) is 3.60. The van der Waals surface area contributed by atoms with Gasteiger partial charge in [-0.25, -0.2) is 0 Å². The molecule has 2 aromatic rings. The number of thioether (sulfide) groups is 1. The lowest BCUT2D eigenvalue weighted by molar-refractivity contribution is -0.119. The van der Waals surface area contributed by atoms with E-state index in [9.17, 15) is 4.79 Å². The summed E-state index contributed by atoms with van der Waals surface area (Å²) in [4.78, 5) is 12.0. The minimum Gasteiger partial charge on any atom is -0.349 e. The highest BCUT2D eigenvalue weighted by Crippen LogP contribution is 2.28. The Morgan fingerprint density at radius 2 is 1.73 bits per heavy atom. The van der Waals surface area contributed by atoms with Crippen LogP contribution in [-0.2, 0) is 10.5 Å².